The van der Waals surface area contributed by atoms with Gasteiger partial charge in [-0.25, -0.2) is 0 Å². The van der Waals surface area contributed by atoms with Crippen molar-refractivity contribution >= 4 is 29.3 Å². The lowest BCUT2D eigenvalue weighted by molar-refractivity contribution is -0.230. The number of methoxy groups -OCH3 is 1. The number of ether oxygens (including phenoxy) is 2. The second kappa shape index (κ2) is 6.03. The van der Waals surface area contributed by atoms with Gasteiger partial charge < -0.3 is 9.47 Å². The Morgan fingerprint density at radius 2 is 1.75 bits per heavy atom. The van der Waals surface area contributed by atoms with E-state index in [4.69, 9.17) is 32.7 Å². The van der Waals surface area contributed by atoms with Gasteiger partial charge >= 0.3 is 6.18 Å². The Balaban J connectivity index is 2.79. The van der Waals surface area contributed by atoms with Crippen LogP contribution in [-0.4, -0.2) is 18.9 Å². The lowest BCUT2D eigenvalue weighted by Gasteiger charge is -2.37. The van der Waals surface area contributed by atoms with E-state index >= 15 is 0 Å². The highest BCUT2D eigenvalue weighted by atomic mass is 35.5. The zero-order chi connectivity index (χ0) is 18.5. The molecule has 1 unspecified atom stereocenters. The molecule has 0 bridgehead atoms. The molecule has 0 saturated heterocycles. The SMILES string of the molecule is CCC1(C(F)(F)F)C=Cc2c(Cl)c(OC)c(C(C)(C)C)c(Cl)c2O1. The zero-order valence-electron chi connectivity index (χ0n) is 14.1. The molecule has 1 aliphatic rings. The minimum atomic E-state index is -4.58. The Morgan fingerprint density at radius 3 is 2.17 bits per heavy atom. The molecule has 2 rings (SSSR count). The van der Waals surface area contributed by atoms with Gasteiger partial charge in [0.1, 0.15) is 11.5 Å². The molecule has 0 aromatic heterocycles. The molecule has 1 aromatic carbocycles. The summed E-state index contributed by atoms with van der Waals surface area (Å²) in [7, 11) is 1.44. The van der Waals surface area contributed by atoms with Crippen molar-refractivity contribution in [2.75, 3.05) is 7.11 Å². The van der Waals surface area contributed by atoms with E-state index in [0.717, 1.165) is 6.08 Å². The summed E-state index contributed by atoms with van der Waals surface area (Å²) in [4.78, 5) is 0. The van der Waals surface area contributed by atoms with Crippen LogP contribution in [0.25, 0.3) is 6.08 Å². The van der Waals surface area contributed by atoms with E-state index < -0.39 is 17.2 Å². The highest BCUT2D eigenvalue weighted by molar-refractivity contribution is 6.37. The molecule has 0 saturated carbocycles. The summed E-state index contributed by atoms with van der Waals surface area (Å²) in [5, 5.41) is 0.273. The summed E-state index contributed by atoms with van der Waals surface area (Å²) in [5.74, 6) is 0.284. The molecule has 0 aliphatic carbocycles. The molecule has 0 radical (unpaired) electrons. The van der Waals surface area contributed by atoms with Gasteiger partial charge in [0.05, 0.1) is 17.2 Å². The molecule has 2 nitrogen and oxygen atoms in total. The number of halogens is 5. The molecule has 1 aromatic rings. The second-order valence-corrected chi connectivity index (χ2v) is 7.46. The summed E-state index contributed by atoms with van der Waals surface area (Å²) >= 11 is 12.8. The van der Waals surface area contributed by atoms with Crippen LogP contribution in [0.5, 0.6) is 11.5 Å². The molecule has 1 heterocycles. The highest BCUT2D eigenvalue weighted by Crippen LogP contribution is 2.54. The van der Waals surface area contributed by atoms with Crippen molar-refractivity contribution in [1.29, 1.82) is 0 Å². The van der Waals surface area contributed by atoms with Crippen molar-refractivity contribution in [3.8, 4) is 11.5 Å². The maximum absolute atomic E-state index is 13.5. The van der Waals surface area contributed by atoms with Crippen LogP contribution in [0.3, 0.4) is 0 Å². The average molecular weight is 383 g/mol. The molecular formula is C17H19Cl2F3O2. The Hall–Kier alpha value is -1.07. The highest BCUT2D eigenvalue weighted by Gasteiger charge is 2.56. The summed E-state index contributed by atoms with van der Waals surface area (Å²) in [6.45, 7) is 7.02. The van der Waals surface area contributed by atoms with Gasteiger partial charge in [0.2, 0.25) is 5.60 Å². The summed E-state index contributed by atoms with van der Waals surface area (Å²) < 4.78 is 51.3. The summed E-state index contributed by atoms with van der Waals surface area (Å²) in [6, 6.07) is 0. The van der Waals surface area contributed by atoms with Gasteiger partial charge in [0.25, 0.3) is 0 Å². The first-order chi connectivity index (χ1) is 10.9. The van der Waals surface area contributed by atoms with Crippen LogP contribution in [-0.2, 0) is 5.41 Å². The topological polar surface area (TPSA) is 18.5 Å². The second-order valence-electron chi connectivity index (χ2n) is 6.71. The minimum Gasteiger partial charge on any atom is -0.495 e. The quantitative estimate of drug-likeness (QED) is 0.587. The lowest BCUT2D eigenvalue weighted by atomic mass is 9.84. The molecule has 1 aliphatic heterocycles. The summed E-state index contributed by atoms with van der Waals surface area (Å²) in [5.41, 5.74) is -2.12. The predicted molar refractivity (Wildman–Crippen MR) is 90.5 cm³/mol. The Labute approximate surface area is 149 Å². The number of rotatable bonds is 2. The van der Waals surface area contributed by atoms with Gasteiger partial charge in [-0.1, -0.05) is 50.9 Å². The third-order valence-corrected chi connectivity index (χ3v) is 4.82. The predicted octanol–water partition coefficient (Wildman–Crippen LogP) is 6.42. The molecule has 0 amide bonds. The largest absolute Gasteiger partial charge is 0.495 e. The van der Waals surface area contributed by atoms with Gasteiger partial charge in [-0.3, -0.25) is 0 Å². The first-order valence-corrected chi connectivity index (χ1v) is 8.19. The molecule has 0 N–H and O–H groups in total. The van der Waals surface area contributed by atoms with Crippen molar-refractivity contribution in [3.63, 3.8) is 0 Å². The van der Waals surface area contributed by atoms with Crippen LogP contribution in [0, 0.1) is 0 Å². The third-order valence-electron chi connectivity index (χ3n) is 4.09. The fourth-order valence-electron chi connectivity index (χ4n) is 2.75. The standard InChI is InChI=1S/C17H19Cl2F3O2/c1-6-16(17(20,21)22)8-7-9-11(18)14(23-5)10(15(2,3)4)12(19)13(9)24-16/h7-8H,6H2,1-5H3. The van der Waals surface area contributed by atoms with Gasteiger partial charge in [-0.2, -0.15) is 13.2 Å². The van der Waals surface area contributed by atoms with Crippen LogP contribution < -0.4 is 9.47 Å². The monoisotopic (exact) mass is 382 g/mol. The molecule has 0 spiro atoms. The molecule has 1 atom stereocenters. The first kappa shape index (κ1) is 19.3. The fourth-order valence-corrected chi connectivity index (χ4v) is 3.58. The molecular weight excluding hydrogens is 364 g/mol. The van der Waals surface area contributed by atoms with Gasteiger partial charge in [-0.15, -0.1) is 0 Å². The number of hydrogen-bond donors (Lipinski definition) is 0. The maximum Gasteiger partial charge on any atom is 0.432 e. The van der Waals surface area contributed by atoms with Crippen molar-refractivity contribution < 1.29 is 22.6 Å². The number of hydrogen-bond acceptors (Lipinski definition) is 2. The van der Waals surface area contributed by atoms with Gasteiger partial charge in [-0.05, 0) is 24.0 Å². The molecule has 134 valence electrons. The van der Waals surface area contributed by atoms with E-state index in [1.807, 2.05) is 20.8 Å². The lowest BCUT2D eigenvalue weighted by Crippen LogP contribution is -2.49. The third kappa shape index (κ3) is 2.86. The Morgan fingerprint density at radius 1 is 1.17 bits per heavy atom. The van der Waals surface area contributed by atoms with E-state index in [1.54, 1.807) is 0 Å². The fraction of sp³-hybridized carbons (Fsp3) is 0.529. The summed E-state index contributed by atoms with van der Waals surface area (Å²) in [6.07, 6.45) is -2.57. The molecule has 7 heteroatoms. The molecule has 24 heavy (non-hydrogen) atoms. The van der Waals surface area contributed by atoms with Crippen LogP contribution in [0.2, 0.25) is 10.0 Å². The Bertz CT molecular complexity index is 691. The Kier molecular flexibility index (Phi) is 4.83. The zero-order valence-corrected chi connectivity index (χ0v) is 15.6. The van der Waals surface area contributed by atoms with E-state index in [-0.39, 0.29) is 22.2 Å². The van der Waals surface area contributed by atoms with Crippen molar-refractivity contribution in [2.24, 2.45) is 0 Å². The van der Waals surface area contributed by atoms with E-state index in [1.165, 1.54) is 20.1 Å². The first-order valence-electron chi connectivity index (χ1n) is 7.44. The van der Waals surface area contributed by atoms with E-state index in [0.29, 0.717) is 16.9 Å². The van der Waals surface area contributed by atoms with Gasteiger partial charge in [0, 0.05) is 11.1 Å². The minimum absolute atomic E-state index is 0.0610. The van der Waals surface area contributed by atoms with Crippen molar-refractivity contribution in [2.45, 2.75) is 51.3 Å². The smallest absolute Gasteiger partial charge is 0.432 e. The van der Waals surface area contributed by atoms with Crippen LogP contribution in [0.4, 0.5) is 13.2 Å². The van der Waals surface area contributed by atoms with E-state index in [9.17, 15) is 13.2 Å². The number of alkyl halides is 3. The normalized spacial score (nSPS) is 20.6. The van der Waals surface area contributed by atoms with Gasteiger partial charge in [0.15, 0.2) is 0 Å². The van der Waals surface area contributed by atoms with Crippen molar-refractivity contribution in [1.82, 2.24) is 0 Å². The van der Waals surface area contributed by atoms with E-state index in [2.05, 4.69) is 0 Å². The number of fused-ring (bicyclic) bond motifs is 1. The maximum atomic E-state index is 13.5. The number of benzene rings is 1. The molecule has 0 fully saturated rings. The van der Waals surface area contributed by atoms with Crippen molar-refractivity contribution in [3.05, 3.63) is 27.2 Å². The average Bonchev–Trinajstić information content (AvgIpc) is 2.47. The van der Waals surface area contributed by atoms with Crippen LogP contribution >= 0.6 is 23.2 Å². The van der Waals surface area contributed by atoms with Crippen LogP contribution in [0.15, 0.2) is 6.08 Å². The van der Waals surface area contributed by atoms with Crippen LogP contribution in [0.1, 0.15) is 45.2 Å².